The minimum atomic E-state index is -4.05. The van der Waals surface area contributed by atoms with Crippen molar-refractivity contribution in [2.45, 2.75) is 25.5 Å². The van der Waals surface area contributed by atoms with E-state index in [0.717, 1.165) is 6.42 Å². The third-order valence-corrected chi connectivity index (χ3v) is 6.16. The van der Waals surface area contributed by atoms with Gasteiger partial charge in [0.2, 0.25) is 21.6 Å². The van der Waals surface area contributed by atoms with Crippen molar-refractivity contribution in [2.24, 2.45) is 11.8 Å². The summed E-state index contributed by atoms with van der Waals surface area (Å²) in [6, 6.07) is 4.89. The molecule has 0 radical (unpaired) electrons. The molecule has 9 nitrogen and oxygen atoms in total. The van der Waals surface area contributed by atoms with E-state index in [1.807, 2.05) is 0 Å². The van der Waals surface area contributed by atoms with Crippen LogP contribution in [0, 0.1) is 11.8 Å². The molecule has 1 saturated heterocycles. The maximum atomic E-state index is 12.6. The lowest BCUT2D eigenvalue weighted by Crippen LogP contribution is -2.44. The zero-order valence-corrected chi connectivity index (χ0v) is 17.7. The van der Waals surface area contributed by atoms with Crippen molar-refractivity contribution in [3.63, 3.8) is 0 Å². The van der Waals surface area contributed by atoms with Crippen molar-refractivity contribution in [1.29, 1.82) is 0 Å². The number of likely N-dealkylation sites (tertiary alicyclic amines) is 1. The van der Waals surface area contributed by atoms with Crippen LogP contribution in [0.4, 0.5) is 0 Å². The number of sulfone groups is 1. The second-order valence-electron chi connectivity index (χ2n) is 7.45. The lowest BCUT2D eigenvalue weighted by Gasteiger charge is -2.34. The number of hydrogen-bond acceptors (Lipinski definition) is 8. The Kier molecular flexibility index (Phi) is 6.11. The summed E-state index contributed by atoms with van der Waals surface area (Å²) in [5.41, 5.74) is 0.474. The number of ether oxygens (including phenoxy) is 2. The molecule has 1 aliphatic rings. The highest BCUT2D eigenvalue weighted by Crippen LogP contribution is 2.32. The molecule has 3 rings (SSSR count). The fourth-order valence-corrected chi connectivity index (χ4v) is 4.61. The summed E-state index contributed by atoms with van der Waals surface area (Å²) in [6.07, 6.45) is 1.02. The quantitative estimate of drug-likeness (QED) is 0.694. The molecule has 0 N–H and O–H groups in total. The lowest BCUT2D eigenvalue weighted by molar-refractivity contribution is -0.131. The molecule has 2 unspecified atom stereocenters. The van der Waals surface area contributed by atoms with Gasteiger partial charge >= 0.3 is 5.22 Å². The van der Waals surface area contributed by atoms with Crippen LogP contribution in [0.25, 0.3) is 11.5 Å². The summed E-state index contributed by atoms with van der Waals surface area (Å²) in [5.74, 6) is 0.498. The molecule has 1 fully saturated rings. The Morgan fingerprint density at radius 3 is 2.41 bits per heavy atom. The van der Waals surface area contributed by atoms with Crippen LogP contribution in [0.5, 0.6) is 11.5 Å². The molecule has 0 saturated carbocycles. The first-order valence-corrected chi connectivity index (χ1v) is 10.9. The summed E-state index contributed by atoms with van der Waals surface area (Å²) in [4.78, 5) is 14.1. The van der Waals surface area contributed by atoms with Gasteiger partial charge in [-0.25, -0.2) is 8.42 Å². The van der Waals surface area contributed by atoms with E-state index in [-0.39, 0.29) is 5.89 Å². The standard InChI is InChI=1S/C19H25N3O6S/c1-12-7-13(2)10-22(9-12)17(23)11-29(24,25)19-21-20-18(28-19)14-5-6-15(26-3)16(8-14)27-4/h5-6,8,12-13H,7,9-11H2,1-4H3. The summed E-state index contributed by atoms with van der Waals surface area (Å²) < 4.78 is 41.0. The normalized spacial score (nSPS) is 19.8. The van der Waals surface area contributed by atoms with Crippen molar-refractivity contribution in [2.75, 3.05) is 33.1 Å². The number of carbonyl (C=O) groups excluding carboxylic acids is 1. The Morgan fingerprint density at radius 1 is 1.14 bits per heavy atom. The number of carbonyl (C=O) groups is 1. The highest BCUT2D eigenvalue weighted by molar-refractivity contribution is 7.91. The van der Waals surface area contributed by atoms with Gasteiger partial charge < -0.3 is 18.8 Å². The van der Waals surface area contributed by atoms with Crippen LogP contribution in [0.3, 0.4) is 0 Å². The van der Waals surface area contributed by atoms with Gasteiger partial charge in [0, 0.05) is 18.7 Å². The van der Waals surface area contributed by atoms with Gasteiger partial charge in [-0.15, -0.1) is 5.10 Å². The van der Waals surface area contributed by atoms with E-state index in [2.05, 4.69) is 24.0 Å². The van der Waals surface area contributed by atoms with Gasteiger partial charge in [-0.1, -0.05) is 18.9 Å². The largest absolute Gasteiger partial charge is 0.493 e. The Labute approximate surface area is 169 Å². The summed E-state index contributed by atoms with van der Waals surface area (Å²) in [6.45, 7) is 5.22. The highest BCUT2D eigenvalue weighted by Gasteiger charge is 2.32. The van der Waals surface area contributed by atoms with E-state index in [9.17, 15) is 13.2 Å². The van der Waals surface area contributed by atoms with E-state index < -0.39 is 26.7 Å². The fourth-order valence-electron chi connectivity index (χ4n) is 3.60. The Hall–Kier alpha value is -2.62. The first-order valence-electron chi connectivity index (χ1n) is 9.30. The molecule has 10 heteroatoms. The topological polar surface area (TPSA) is 112 Å². The maximum absolute atomic E-state index is 12.6. The van der Waals surface area contributed by atoms with Crippen LogP contribution in [0.2, 0.25) is 0 Å². The summed E-state index contributed by atoms with van der Waals surface area (Å²) >= 11 is 0. The number of nitrogens with zero attached hydrogens (tertiary/aromatic N) is 3. The van der Waals surface area contributed by atoms with E-state index >= 15 is 0 Å². The Morgan fingerprint density at radius 2 is 1.79 bits per heavy atom. The van der Waals surface area contributed by atoms with Crippen molar-refractivity contribution >= 4 is 15.7 Å². The number of rotatable bonds is 6. The Bertz CT molecular complexity index is 978. The van der Waals surface area contributed by atoms with Crippen molar-refractivity contribution < 1.29 is 27.1 Å². The van der Waals surface area contributed by atoms with E-state index in [1.54, 1.807) is 23.1 Å². The molecular weight excluding hydrogens is 398 g/mol. The molecule has 0 aliphatic carbocycles. The number of methoxy groups -OCH3 is 2. The number of benzene rings is 1. The van der Waals surface area contributed by atoms with Crippen molar-refractivity contribution in [3.05, 3.63) is 18.2 Å². The van der Waals surface area contributed by atoms with Gasteiger partial charge in [-0.2, -0.15) is 0 Å². The fraction of sp³-hybridized carbons (Fsp3) is 0.526. The molecule has 0 bridgehead atoms. The minimum Gasteiger partial charge on any atom is -0.493 e. The zero-order valence-electron chi connectivity index (χ0n) is 16.9. The first kappa shape index (κ1) is 21.1. The molecule has 2 atom stereocenters. The molecule has 1 aromatic heterocycles. The average Bonchev–Trinajstić information content (AvgIpc) is 3.17. The first-order chi connectivity index (χ1) is 13.7. The summed E-state index contributed by atoms with van der Waals surface area (Å²) in [5, 5.41) is 6.88. The molecule has 0 spiro atoms. The third kappa shape index (κ3) is 4.69. The molecule has 2 heterocycles. The molecule has 2 aromatic rings. The molecule has 29 heavy (non-hydrogen) atoms. The lowest BCUT2D eigenvalue weighted by atomic mass is 9.92. The van der Waals surface area contributed by atoms with Gasteiger partial charge in [0.05, 0.1) is 14.2 Å². The van der Waals surface area contributed by atoms with E-state index in [1.165, 1.54) is 14.2 Å². The minimum absolute atomic E-state index is 0.0113. The number of hydrogen-bond donors (Lipinski definition) is 0. The summed E-state index contributed by atoms with van der Waals surface area (Å²) in [7, 11) is -1.05. The number of amides is 1. The Balaban J connectivity index is 1.77. The van der Waals surface area contributed by atoms with Crippen LogP contribution in [-0.2, 0) is 14.6 Å². The van der Waals surface area contributed by atoms with E-state index in [4.69, 9.17) is 13.9 Å². The van der Waals surface area contributed by atoms with Gasteiger partial charge in [0.15, 0.2) is 11.5 Å². The van der Waals surface area contributed by atoms with Gasteiger partial charge in [-0.3, -0.25) is 4.79 Å². The van der Waals surface area contributed by atoms with Crippen LogP contribution in [0.1, 0.15) is 20.3 Å². The average molecular weight is 423 g/mol. The maximum Gasteiger partial charge on any atom is 0.336 e. The zero-order chi connectivity index (χ0) is 21.2. The van der Waals surface area contributed by atoms with Gasteiger partial charge in [0.25, 0.3) is 0 Å². The number of piperidine rings is 1. The smallest absolute Gasteiger partial charge is 0.336 e. The van der Waals surface area contributed by atoms with Gasteiger partial charge in [-0.05, 0) is 36.5 Å². The third-order valence-electron chi connectivity index (χ3n) is 4.84. The number of aromatic nitrogens is 2. The predicted molar refractivity (Wildman–Crippen MR) is 104 cm³/mol. The SMILES string of the molecule is COc1ccc(-c2nnc(S(=O)(=O)CC(=O)N3CC(C)CC(C)C3)o2)cc1OC. The molecule has 158 valence electrons. The van der Waals surface area contributed by atoms with Gasteiger partial charge in [0.1, 0.15) is 5.75 Å². The van der Waals surface area contributed by atoms with Crippen molar-refractivity contribution in [3.8, 4) is 23.0 Å². The van der Waals surface area contributed by atoms with Crippen LogP contribution in [0.15, 0.2) is 27.8 Å². The highest BCUT2D eigenvalue weighted by atomic mass is 32.2. The molecule has 1 amide bonds. The monoisotopic (exact) mass is 423 g/mol. The predicted octanol–water partition coefficient (Wildman–Crippen LogP) is 2.03. The second-order valence-corrected chi connectivity index (χ2v) is 9.31. The van der Waals surface area contributed by atoms with Crippen molar-refractivity contribution in [1.82, 2.24) is 15.1 Å². The van der Waals surface area contributed by atoms with Crippen LogP contribution < -0.4 is 9.47 Å². The molecule has 1 aromatic carbocycles. The van der Waals surface area contributed by atoms with E-state index in [0.29, 0.717) is 42.0 Å². The molecule has 1 aliphatic heterocycles. The molecular formula is C19H25N3O6S. The second kappa shape index (κ2) is 8.40. The van der Waals surface area contributed by atoms with Crippen LogP contribution >= 0.6 is 0 Å². The van der Waals surface area contributed by atoms with Crippen LogP contribution in [-0.4, -0.2) is 62.5 Å².